The number of hydrogen-bond acceptors (Lipinski definition) is 4. The molecular weight excluding hydrogens is 512 g/mol. The van der Waals surface area contributed by atoms with Crippen molar-refractivity contribution in [1.29, 1.82) is 0 Å². The largest absolute Gasteiger partial charge is 0.490 e. The molecular formula is C29H28F4N4O2. The second kappa shape index (κ2) is 10.6. The van der Waals surface area contributed by atoms with Crippen LogP contribution in [0.25, 0.3) is 5.65 Å². The molecule has 0 atom stereocenters. The van der Waals surface area contributed by atoms with Crippen LogP contribution in [0.1, 0.15) is 45.7 Å². The van der Waals surface area contributed by atoms with Crippen molar-refractivity contribution in [3.8, 4) is 5.75 Å². The predicted octanol–water partition coefficient (Wildman–Crippen LogP) is 6.09. The normalized spacial score (nSPS) is 14.6. The number of aromatic nitrogens is 2. The number of hydrogen-bond donors (Lipinski definition) is 1. The minimum Gasteiger partial charge on any atom is -0.490 e. The lowest BCUT2D eigenvalue weighted by molar-refractivity contribution is -0.137. The summed E-state index contributed by atoms with van der Waals surface area (Å²) in [5.41, 5.74) is 3.10. The van der Waals surface area contributed by atoms with Crippen molar-refractivity contribution in [2.75, 3.05) is 18.0 Å². The predicted molar refractivity (Wildman–Crippen MR) is 140 cm³/mol. The van der Waals surface area contributed by atoms with Crippen LogP contribution < -0.4 is 15.0 Å². The molecule has 0 unspecified atom stereocenters. The van der Waals surface area contributed by atoms with Crippen LogP contribution in [-0.2, 0) is 12.7 Å². The average Bonchev–Trinajstić information content (AvgIpc) is 3.22. The highest BCUT2D eigenvalue weighted by atomic mass is 19.4. The second-order valence-electron chi connectivity index (χ2n) is 9.78. The first kappa shape index (κ1) is 26.5. The maximum atomic E-state index is 15.0. The Kier molecular flexibility index (Phi) is 7.20. The summed E-state index contributed by atoms with van der Waals surface area (Å²) in [4.78, 5) is 19.2. The minimum atomic E-state index is -4.43. The molecule has 2 aromatic heterocycles. The van der Waals surface area contributed by atoms with Crippen LogP contribution in [0.2, 0.25) is 0 Å². The van der Waals surface area contributed by atoms with E-state index in [1.54, 1.807) is 23.5 Å². The smallest absolute Gasteiger partial charge is 0.416 e. The van der Waals surface area contributed by atoms with Crippen LogP contribution in [0.5, 0.6) is 5.75 Å². The van der Waals surface area contributed by atoms with Crippen molar-refractivity contribution in [2.45, 2.75) is 45.5 Å². The third kappa shape index (κ3) is 5.84. The van der Waals surface area contributed by atoms with Crippen LogP contribution in [-0.4, -0.2) is 34.5 Å². The van der Waals surface area contributed by atoms with Gasteiger partial charge < -0.3 is 15.0 Å². The molecule has 6 nitrogen and oxygen atoms in total. The number of alkyl halides is 3. The van der Waals surface area contributed by atoms with Crippen LogP contribution in [0.15, 0.2) is 60.8 Å². The Hall–Kier alpha value is -4.08. The van der Waals surface area contributed by atoms with Gasteiger partial charge in [-0.25, -0.2) is 9.37 Å². The first-order valence-corrected chi connectivity index (χ1v) is 12.7. The molecule has 4 aromatic rings. The third-order valence-corrected chi connectivity index (χ3v) is 6.88. The Labute approximate surface area is 223 Å². The Morgan fingerprint density at radius 3 is 2.56 bits per heavy atom. The van der Waals surface area contributed by atoms with Gasteiger partial charge in [0.15, 0.2) is 0 Å². The van der Waals surface area contributed by atoms with Crippen LogP contribution in [0, 0.1) is 19.7 Å². The fraction of sp³-hybridized carbons (Fsp3) is 0.310. The van der Waals surface area contributed by atoms with E-state index >= 15 is 4.39 Å². The van der Waals surface area contributed by atoms with Gasteiger partial charge in [-0.15, -0.1) is 0 Å². The van der Waals surface area contributed by atoms with E-state index < -0.39 is 17.6 Å². The molecule has 1 aliphatic heterocycles. The lowest BCUT2D eigenvalue weighted by atomic mass is 10.1. The van der Waals surface area contributed by atoms with Gasteiger partial charge in [0, 0.05) is 38.7 Å². The topological polar surface area (TPSA) is 58.9 Å². The number of fused-ring (bicyclic) bond motifs is 1. The van der Waals surface area contributed by atoms with E-state index in [2.05, 4.69) is 10.3 Å². The number of amides is 1. The van der Waals surface area contributed by atoms with Gasteiger partial charge in [0.1, 0.15) is 29.0 Å². The zero-order valence-corrected chi connectivity index (χ0v) is 21.6. The summed E-state index contributed by atoms with van der Waals surface area (Å²) in [5, 5.41) is 2.85. The zero-order valence-electron chi connectivity index (χ0n) is 21.6. The summed E-state index contributed by atoms with van der Waals surface area (Å²) >= 11 is 0. The second-order valence-corrected chi connectivity index (χ2v) is 9.78. The van der Waals surface area contributed by atoms with E-state index in [0.717, 1.165) is 17.7 Å². The molecule has 0 aliphatic carbocycles. The molecule has 3 heterocycles. The number of carbonyl (C=O) groups excluding carboxylic acids is 1. The molecule has 10 heteroatoms. The van der Waals surface area contributed by atoms with Crippen molar-refractivity contribution in [2.24, 2.45) is 0 Å². The number of rotatable bonds is 6. The molecule has 1 N–H and O–H groups in total. The SMILES string of the molecule is Cc1ccn2c(C(=O)NCc3ccc(N4CCC(Oc5cccc(C(F)(F)F)c5)CC4)c(F)c3)c(C)nc2c1. The first-order valence-electron chi connectivity index (χ1n) is 12.7. The number of anilines is 1. The maximum Gasteiger partial charge on any atom is 0.416 e. The first-order chi connectivity index (χ1) is 18.6. The van der Waals surface area contributed by atoms with Crippen LogP contribution in [0.3, 0.4) is 0 Å². The number of nitrogens with one attached hydrogen (secondary N) is 1. The Morgan fingerprint density at radius 2 is 1.85 bits per heavy atom. The van der Waals surface area contributed by atoms with E-state index in [9.17, 15) is 18.0 Å². The Bertz CT molecular complexity index is 1510. The quantitative estimate of drug-likeness (QED) is 0.301. The summed E-state index contributed by atoms with van der Waals surface area (Å²) in [6, 6.07) is 13.5. The lowest BCUT2D eigenvalue weighted by Crippen LogP contribution is -2.38. The summed E-state index contributed by atoms with van der Waals surface area (Å²) in [7, 11) is 0. The molecule has 0 bridgehead atoms. The van der Waals surface area contributed by atoms with Crippen molar-refractivity contribution >= 4 is 17.2 Å². The molecule has 2 aromatic carbocycles. The van der Waals surface area contributed by atoms with Crippen molar-refractivity contribution < 1.29 is 27.1 Å². The lowest BCUT2D eigenvalue weighted by Gasteiger charge is -2.34. The summed E-state index contributed by atoms with van der Waals surface area (Å²) in [6.45, 7) is 4.90. The van der Waals surface area contributed by atoms with Crippen molar-refractivity contribution in [3.63, 3.8) is 0 Å². The molecule has 1 aliphatic rings. The van der Waals surface area contributed by atoms with Gasteiger partial charge in [0.05, 0.1) is 16.9 Å². The van der Waals surface area contributed by atoms with Crippen molar-refractivity contribution in [1.82, 2.24) is 14.7 Å². The van der Waals surface area contributed by atoms with Crippen LogP contribution >= 0.6 is 0 Å². The number of nitrogens with zero attached hydrogens (tertiary/aromatic N) is 3. The van der Waals surface area contributed by atoms with Gasteiger partial charge in [0.2, 0.25) is 0 Å². The monoisotopic (exact) mass is 540 g/mol. The molecule has 1 saturated heterocycles. The highest BCUT2D eigenvalue weighted by molar-refractivity contribution is 5.94. The number of imidazole rings is 1. The Balaban J connectivity index is 1.17. The van der Waals surface area contributed by atoms with Gasteiger partial charge >= 0.3 is 6.18 Å². The number of pyridine rings is 1. The maximum absolute atomic E-state index is 15.0. The fourth-order valence-electron chi connectivity index (χ4n) is 4.87. The van der Waals surface area contributed by atoms with Crippen LogP contribution in [0.4, 0.5) is 23.2 Å². The molecule has 0 radical (unpaired) electrons. The third-order valence-electron chi connectivity index (χ3n) is 6.88. The molecule has 39 heavy (non-hydrogen) atoms. The fourth-order valence-corrected chi connectivity index (χ4v) is 4.87. The highest BCUT2D eigenvalue weighted by Crippen LogP contribution is 2.32. The molecule has 5 rings (SSSR count). The molecule has 1 amide bonds. The number of piperidine rings is 1. The highest BCUT2D eigenvalue weighted by Gasteiger charge is 2.31. The number of aryl methyl sites for hydroxylation is 2. The molecule has 1 fully saturated rings. The van der Waals surface area contributed by atoms with Gasteiger partial charge in [0.25, 0.3) is 5.91 Å². The van der Waals surface area contributed by atoms with E-state index in [4.69, 9.17) is 4.74 Å². The zero-order chi connectivity index (χ0) is 27.7. The number of carbonyl (C=O) groups is 1. The summed E-state index contributed by atoms with van der Waals surface area (Å²) < 4.78 is 61.5. The number of benzene rings is 2. The Morgan fingerprint density at radius 1 is 1.08 bits per heavy atom. The molecule has 0 spiro atoms. The van der Waals surface area contributed by atoms with Gasteiger partial charge in [-0.1, -0.05) is 12.1 Å². The summed E-state index contributed by atoms with van der Waals surface area (Å²) in [6.07, 6.45) is -1.78. The van der Waals surface area contributed by atoms with Gasteiger partial charge in [-0.3, -0.25) is 9.20 Å². The molecule has 0 saturated carbocycles. The van der Waals surface area contributed by atoms with Gasteiger partial charge in [-0.2, -0.15) is 13.2 Å². The number of ether oxygens (including phenoxy) is 1. The van der Waals surface area contributed by atoms with Crippen molar-refractivity contribution in [3.05, 3.63) is 94.7 Å². The van der Waals surface area contributed by atoms with Gasteiger partial charge in [-0.05, 0) is 67.4 Å². The van der Waals surface area contributed by atoms with E-state index in [1.807, 2.05) is 30.2 Å². The minimum absolute atomic E-state index is 0.154. The van der Waals surface area contributed by atoms with E-state index in [1.165, 1.54) is 18.2 Å². The van der Waals surface area contributed by atoms with E-state index in [-0.39, 0.29) is 24.3 Å². The standard InChI is InChI=1S/C29H28F4N4O2/c1-18-8-13-37-26(14-18)35-19(2)27(37)28(38)34-17-20-6-7-25(24(30)15-20)36-11-9-22(10-12-36)39-23-5-3-4-21(16-23)29(31,32)33/h3-8,13-16,22H,9-12,17H2,1-2H3,(H,34,38). The van der Waals surface area contributed by atoms with E-state index in [0.29, 0.717) is 54.2 Å². The number of halogens is 4. The average molecular weight is 541 g/mol. The summed E-state index contributed by atoms with van der Waals surface area (Å²) in [5.74, 6) is -0.522. The molecule has 204 valence electrons.